The van der Waals surface area contributed by atoms with Gasteiger partial charge in [0.1, 0.15) is 0 Å². The van der Waals surface area contributed by atoms with Crippen molar-refractivity contribution in [1.82, 2.24) is 14.3 Å². The highest BCUT2D eigenvalue weighted by molar-refractivity contribution is 7.87. The fourth-order valence-corrected chi connectivity index (χ4v) is 3.45. The van der Waals surface area contributed by atoms with Crippen LogP contribution in [0.25, 0.3) is 0 Å². The minimum absolute atomic E-state index is 0.196. The predicted octanol–water partition coefficient (Wildman–Crippen LogP) is -1.11. The highest BCUT2D eigenvalue weighted by atomic mass is 32.2. The molecule has 2 aliphatic heterocycles. The second-order valence-corrected chi connectivity index (χ2v) is 5.67. The number of nitrogens with one attached hydrogen (secondary N) is 2. The molecule has 2 N–H and O–H groups in total. The molecule has 0 saturated carbocycles. The van der Waals surface area contributed by atoms with E-state index in [0.29, 0.717) is 6.54 Å². The van der Waals surface area contributed by atoms with Crippen molar-refractivity contribution in [1.29, 1.82) is 0 Å². The lowest BCUT2D eigenvalue weighted by molar-refractivity contribution is 0.276. The zero-order valence-electron chi connectivity index (χ0n) is 7.71. The Morgan fingerprint density at radius 1 is 1.31 bits per heavy atom. The Morgan fingerprint density at radius 2 is 1.92 bits per heavy atom. The van der Waals surface area contributed by atoms with Gasteiger partial charge in [0.2, 0.25) is 0 Å². The molecule has 2 heterocycles. The molecule has 2 rings (SSSR count). The predicted molar refractivity (Wildman–Crippen MR) is 49.5 cm³/mol. The van der Waals surface area contributed by atoms with E-state index in [4.69, 9.17) is 0 Å². The average Bonchev–Trinajstić information content (AvgIpc) is 2.23. The summed E-state index contributed by atoms with van der Waals surface area (Å²) in [5.74, 6) is 0. The van der Waals surface area contributed by atoms with Crippen LogP contribution in [0.1, 0.15) is 12.8 Å². The molecular formula is C7H15N3O2S. The molecule has 1 spiro atoms. The maximum Gasteiger partial charge on any atom is 0.279 e. The van der Waals surface area contributed by atoms with Gasteiger partial charge in [-0.25, -0.2) is 0 Å². The van der Waals surface area contributed by atoms with Crippen LogP contribution in [-0.2, 0) is 10.2 Å². The van der Waals surface area contributed by atoms with Gasteiger partial charge < -0.3 is 5.32 Å². The van der Waals surface area contributed by atoms with Gasteiger partial charge >= 0.3 is 0 Å². The summed E-state index contributed by atoms with van der Waals surface area (Å²) >= 11 is 0. The molecule has 0 amide bonds. The molecule has 0 aliphatic carbocycles. The van der Waals surface area contributed by atoms with E-state index >= 15 is 0 Å². The van der Waals surface area contributed by atoms with Crippen LogP contribution in [0.4, 0.5) is 0 Å². The molecule has 0 aromatic heterocycles. The summed E-state index contributed by atoms with van der Waals surface area (Å²) in [6.45, 7) is 2.41. The topological polar surface area (TPSA) is 61.4 Å². The summed E-state index contributed by atoms with van der Waals surface area (Å²) in [5.41, 5.74) is -0.196. The van der Waals surface area contributed by atoms with Crippen molar-refractivity contribution in [3.05, 3.63) is 0 Å². The molecule has 2 fully saturated rings. The van der Waals surface area contributed by atoms with Crippen molar-refractivity contribution in [2.45, 2.75) is 18.4 Å². The maximum absolute atomic E-state index is 11.4. The minimum Gasteiger partial charge on any atom is -0.317 e. The number of hydrogen-bond acceptors (Lipinski definition) is 3. The van der Waals surface area contributed by atoms with Crippen LogP contribution < -0.4 is 10.0 Å². The van der Waals surface area contributed by atoms with Crippen LogP contribution in [0.3, 0.4) is 0 Å². The average molecular weight is 205 g/mol. The van der Waals surface area contributed by atoms with Crippen molar-refractivity contribution in [2.75, 3.05) is 26.7 Å². The summed E-state index contributed by atoms with van der Waals surface area (Å²) in [5, 5.41) is 3.22. The smallest absolute Gasteiger partial charge is 0.279 e. The molecule has 0 bridgehead atoms. The Balaban J connectivity index is 2.19. The van der Waals surface area contributed by atoms with Crippen LogP contribution in [0.2, 0.25) is 0 Å². The van der Waals surface area contributed by atoms with Crippen LogP contribution >= 0.6 is 0 Å². The lowest BCUT2D eigenvalue weighted by atomic mass is 9.90. The number of nitrogens with zero attached hydrogens (tertiary/aromatic N) is 1. The molecule has 2 aliphatic rings. The van der Waals surface area contributed by atoms with E-state index in [0.717, 1.165) is 25.9 Å². The largest absolute Gasteiger partial charge is 0.317 e. The summed E-state index contributed by atoms with van der Waals surface area (Å²) in [6, 6.07) is 0. The van der Waals surface area contributed by atoms with Gasteiger partial charge in [0.15, 0.2) is 0 Å². The van der Waals surface area contributed by atoms with Crippen molar-refractivity contribution >= 4 is 10.2 Å². The highest BCUT2D eigenvalue weighted by Crippen LogP contribution is 2.26. The fraction of sp³-hybridized carbons (Fsp3) is 1.00. The number of rotatable bonds is 0. The van der Waals surface area contributed by atoms with Gasteiger partial charge in [-0.05, 0) is 25.9 Å². The van der Waals surface area contributed by atoms with E-state index in [1.807, 2.05) is 0 Å². The zero-order valence-corrected chi connectivity index (χ0v) is 8.52. The lowest BCUT2D eigenvalue weighted by Gasteiger charge is -2.31. The van der Waals surface area contributed by atoms with Crippen molar-refractivity contribution in [3.8, 4) is 0 Å². The first-order chi connectivity index (χ1) is 6.04. The Bertz CT molecular complexity index is 295. The first-order valence-electron chi connectivity index (χ1n) is 4.50. The summed E-state index contributed by atoms with van der Waals surface area (Å²) in [7, 11) is -1.55. The zero-order chi connectivity index (χ0) is 9.53. The third-order valence-electron chi connectivity index (χ3n) is 2.84. The first-order valence-corrected chi connectivity index (χ1v) is 5.94. The molecule has 0 aromatic carbocycles. The second-order valence-electron chi connectivity index (χ2n) is 3.89. The first kappa shape index (κ1) is 9.39. The monoisotopic (exact) mass is 205 g/mol. The Morgan fingerprint density at radius 3 is 2.38 bits per heavy atom. The van der Waals surface area contributed by atoms with Crippen molar-refractivity contribution in [2.24, 2.45) is 0 Å². The summed E-state index contributed by atoms with van der Waals surface area (Å²) < 4.78 is 27.0. The Hall–Kier alpha value is -0.170. The Labute approximate surface area is 78.7 Å². The highest BCUT2D eigenvalue weighted by Gasteiger charge is 2.45. The van der Waals surface area contributed by atoms with Crippen molar-refractivity contribution in [3.63, 3.8) is 0 Å². The van der Waals surface area contributed by atoms with Gasteiger partial charge in [-0.1, -0.05) is 0 Å². The van der Waals surface area contributed by atoms with E-state index in [-0.39, 0.29) is 5.54 Å². The van der Waals surface area contributed by atoms with Gasteiger partial charge in [0.25, 0.3) is 10.2 Å². The van der Waals surface area contributed by atoms with E-state index in [1.54, 1.807) is 7.05 Å². The molecule has 6 heteroatoms. The van der Waals surface area contributed by atoms with Crippen LogP contribution in [0.15, 0.2) is 0 Å². The molecule has 13 heavy (non-hydrogen) atoms. The van der Waals surface area contributed by atoms with Gasteiger partial charge in [0, 0.05) is 13.6 Å². The Kier molecular flexibility index (Phi) is 2.10. The molecule has 0 unspecified atom stereocenters. The number of likely N-dealkylation sites (N-methyl/N-ethyl adjacent to an activating group) is 1. The minimum atomic E-state index is -3.18. The third kappa shape index (κ3) is 1.59. The number of hydrogen-bond donors (Lipinski definition) is 2. The van der Waals surface area contributed by atoms with Gasteiger partial charge in [-0.3, -0.25) is 0 Å². The van der Waals surface area contributed by atoms with Gasteiger partial charge in [0.05, 0.1) is 5.54 Å². The standard InChI is InChI=1S/C7H15N3O2S/c1-10-6-7(9-13(10,11)12)2-4-8-5-3-7/h8-9H,2-6H2,1H3. The molecule has 0 atom stereocenters. The van der Waals surface area contributed by atoms with Crippen LogP contribution in [-0.4, -0.2) is 44.9 Å². The molecule has 0 aromatic rings. The third-order valence-corrected chi connectivity index (χ3v) is 4.48. The number of piperidine rings is 1. The van der Waals surface area contributed by atoms with E-state index in [9.17, 15) is 8.42 Å². The molecular weight excluding hydrogens is 190 g/mol. The SMILES string of the molecule is CN1CC2(CCNCC2)NS1(=O)=O. The van der Waals surface area contributed by atoms with Gasteiger partial charge in [-0.2, -0.15) is 17.4 Å². The summed E-state index contributed by atoms with van der Waals surface area (Å²) in [6.07, 6.45) is 1.77. The quantitative estimate of drug-likeness (QED) is 0.527. The fourth-order valence-electron chi connectivity index (χ4n) is 2.06. The molecule has 2 saturated heterocycles. The molecule has 76 valence electrons. The normalized spacial score (nSPS) is 32.4. The summed E-state index contributed by atoms with van der Waals surface area (Å²) in [4.78, 5) is 0. The van der Waals surface area contributed by atoms with Crippen LogP contribution in [0.5, 0.6) is 0 Å². The second kappa shape index (κ2) is 2.91. The van der Waals surface area contributed by atoms with E-state index in [2.05, 4.69) is 10.0 Å². The van der Waals surface area contributed by atoms with E-state index in [1.165, 1.54) is 4.31 Å². The molecule has 5 nitrogen and oxygen atoms in total. The van der Waals surface area contributed by atoms with Gasteiger partial charge in [-0.15, -0.1) is 0 Å². The maximum atomic E-state index is 11.4. The van der Waals surface area contributed by atoms with E-state index < -0.39 is 10.2 Å². The lowest BCUT2D eigenvalue weighted by Crippen LogP contribution is -2.51. The molecule has 0 radical (unpaired) electrons. The van der Waals surface area contributed by atoms with Crippen molar-refractivity contribution < 1.29 is 8.42 Å². The van der Waals surface area contributed by atoms with Crippen LogP contribution in [0, 0.1) is 0 Å².